The molecular formula is C26H26N2O3S. The molecule has 2 aromatic heterocycles. The molecular weight excluding hydrogens is 420 g/mol. The second-order valence-electron chi connectivity index (χ2n) is 7.67. The molecule has 0 atom stereocenters. The fourth-order valence-corrected chi connectivity index (χ4v) is 4.70. The normalized spacial score (nSPS) is 10.9. The molecule has 0 saturated carbocycles. The second kappa shape index (κ2) is 9.83. The van der Waals surface area contributed by atoms with Crippen molar-refractivity contribution in [2.75, 3.05) is 7.11 Å². The third kappa shape index (κ3) is 4.60. The molecule has 32 heavy (non-hydrogen) atoms. The summed E-state index contributed by atoms with van der Waals surface area (Å²) >= 11 is 1.71. The van der Waals surface area contributed by atoms with Gasteiger partial charge in [0.15, 0.2) is 0 Å². The third-order valence-electron chi connectivity index (χ3n) is 5.65. The van der Waals surface area contributed by atoms with Crippen molar-refractivity contribution in [2.45, 2.75) is 25.8 Å². The summed E-state index contributed by atoms with van der Waals surface area (Å²) in [5.74, 6) is 0.672. The minimum Gasteiger partial charge on any atom is -0.497 e. The molecule has 0 aliphatic heterocycles. The predicted octanol–water partition coefficient (Wildman–Crippen LogP) is 4.91. The number of pyridine rings is 1. The van der Waals surface area contributed by atoms with Crippen LogP contribution in [0, 0.1) is 0 Å². The molecule has 5 nitrogen and oxygen atoms in total. The summed E-state index contributed by atoms with van der Waals surface area (Å²) in [5, 5.41) is 6.52. The lowest BCUT2D eigenvalue weighted by atomic mass is 9.96. The zero-order valence-electron chi connectivity index (χ0n) is 18.3. The first-order valence-corrected chi connectivity index (χ1v) is 11.5. The molecule has 0 saturated heterocycles. The highest BCUT2D eigenvalue weighted by Gasteiger charge is 2.17. The minimum atomic E-state index is -0.0933. The van der Waals surface area contributed by atoms with E-state index in [1.54, 1.807) is 42.2 Å². The van der Waals surface area contributed by atoms with Gasteiger partial charge in [-0.05, 0) is 48.1 Å². The molecule has 2 aromatic carbocycles. The number of thiophene rings is 1. The highest BCUT2D eigenvalue weighted by atomic mass is 32.1. The number of fused-ring (bicyclic) bond motifs is 1. The molecule has 0 spiro atoms. The van der Waals surface area contributed by atoms with E-state index in [2.05, 4.69) is 16.8 Å². The van der Waals surface area contributed by atoms with Gasteiger partial charge in [-0.3, -0.25) is 9.59 Å². The number of nitrogens with zero attached hydrogens (tertiary/aromatic N) is 1. The number of hydrogen-bond donors (Lipinski definition) is 1. The molecule has 6 heteroatoms. The van der Waals surface area contributed by atoms with Crippen LogP contribution in [0.5, 0.6) is 5.75 Å². The monoisotopic (exact) mass is 446 g/mol. The lowest BCUT2D eigenvalue weighted by Gasteiger charge is -2.18. The van der Waals surface area contributed by atoms with Gasteiger partial charge < -0.3 is 14.6 Å². The van der Waals surface area contributed by atoms with E-state index in [4.69, 9.17) is 4.74 Å². The number of hydrogen-bond acceptors (Lipinski definition) is 4. The lowest BCUT2D eigenvalue weighted by Crippen LogP contribution is -2.29. The number of methoxy groups -OCH3 is 1. The van der Waals surface area contributed by atoms with Crippen molar-refractivity contribution >= 4 is 28.0 Å². The van der Waals surface area contributed by atoms with Crippen LogP contribution in [0.3, 0.4) is 0 Å². The zero-order valence-corrected chi connectivity index (χ0v) is 19.1. The van der Waals surface area contributed by atoms with Crippen molar-refractivity contribution in [3.63, 3.8) is 0 Å². The Balaban J connectivity index is 1.66. The Labute approximate surface area is 191 Å². The lowest BCUT2D eigenvalue weighted by molar-refractivity contribution is -0.121. The first kappa shape index (κ1) is 21.8. The standard InChI is InChI=1S/C26H26N2O3S/c1-28-23(17-27-24(29)12-6-10-20-11-7-15-32-20)25(18-8-4-3-5-9-18)22-16-19(31-2)13-14-21(22)26(28)30/h3-5,7-9,11,13-16H,6,10,12,17H2,1-2H3,(H,27,29). The van der Waals surface area contributed by atoms with Crippen LogP contribution in [0.2, 0.25) is 0 Å². The Morgan fingerprint density at radius 2 is 1.88 bits per heavy atom. The van der Waals surface area contributed by atoms with Gasteiger partial charge in [0.05, 0.1) is 13.7 Å². The van der Waals surface area contributed by atoms with E-state index in [1.807, 2.05) is 42.5 Å². The van der Waals surface area contributed by atoms with Crippen LogP contribution in [0.25, 0.3) is 21.9 Å². The SMILES string of the molecule is COc1ccc2c(=O)n(C)c(CNC(=O)CCCc3cccs3)c(-c3ccccc3)c2c1. The highest BCUT2D eigenvalue weighted by Crippen LogP contribution is 2.32. The average Bonchev–Trinajstić information content (AvgIpc) is 3.34. The molecule has 1 amide bonds. The van der Waals surface area contributed by atoms with Gasteiger partial charge in [-0.1, -0.05) is 36.4 Å². The molecule has 2 heterocycles. The number of benzene rings is 2. The van der Waals surface area contributed by atoms with E-state index in [1.165, 1.54) is 4.88 Å². The molecule has 4 aromatic rings. The van der Waals surface area contributed by atoms with Crippen molar-refractivity contribution in [1.29, 1.82) is 0 Å². The fraction of sp³-hybridized carbons (Fsp3) is 0.231. The predicted molar refractivity (Wildman–Crippen MR) is 130 cm³/mol. The van der Waals surface area contributed by atoms with Crippen LogP contribution in [-0.2, 0) is 24.8 Å². The fourth-order valence-electron chi connectivity index (χ4n) is 3.95. The zero-order chi connectivity index (χ0) is 22.5. The Morgan fingerprint density at radius 3 is 2.59 bits per heavy atom. The van der Waals surface area contributed by atoms with Gasteiger partial charge in [0, 0.05) is 40.4 Å². The number of amides is 1. The molecule has 0 bridgehead atoms. The Hall–Kier alpha value is -3.38. The summed E-state index contributed by atoms with van der Waals surface area (Å²) in [6, 6.07) is 19.6. The van der Waals surface area contributed by atoms with E-state index in [0.29, 0.717) is 17.6 Å². The maximum atomic E-state index is 13.1. The van der Waals surface area contributed by atoms with Crippen molar-refractivity contribution in [3.05, 3.63) is 87.0 Å². The van der Waals surface area contributed by atoms with Crippen molar-refractivity contribution in [1.82, 2.24) is 9.88 Å². The van der Waals surface area contributed by atoms with Gasteiger partial charge in [-0.25, -0.2) is 0 Å². The summed E-state index contributed by atoms with van der Waals surface area (Å²) in [5.41, 5.74) is 2.60. The van der Waals surface area contributed by atoms with E-state index < -0.39 is 0 Å². The molecule has 4 rings (SSSR count). The maximum absolute atomic E-state index is 13.1. The highest BCUT2D eigenvalue weighted by molar-refractivity contribution is 7.09. The summed E-state index contributed by atoms with van der Waals surface area (Å²) in [4.78, 5) is 26.9. The van der Waals surface area contributed by atoms with Crippen molar-refractivity contribution in [3.8, 4) is 16.9 Å². The van der Waals surface area contributed by atoms with Crippen molar-refractivity contribution in [2.24, 2.45) is 7.05 Å². The number of aryl methyl sites for hydroxylation is 1. The van der Waals surface area contributed by atoms with Crippen LogP contribution in [-0.4, -0.2) is 17.6 Å². The molecule has 0 unspecified atom stereocenters. The molecule has 1 N–H and O–H groups in total. The summed E-state index contributed by atoms with van der Waals surface area (Å²) in [6.45, 7) is 0.279. The summed E-state index contributed by atoms with van der Waals surface area (Å²) < 4.78 is 7.06. The number of rotatable bonds is 8. The molecule has 0 fully saturated rings. The van der Waals surface area contributed by atoms with Gasteiger partial charge in [-0.15, -0.1) is 11.3 Å². The third-order valence-corrected chi connectivity index (χ3v) is 6.58. The largest absolute Gasteiger partial charge is 0.497 e. The Morgan fingerprint density at radius 1 is 1.06 bits per heavy atom. The number of carbonyl (C=O) groups is 1. The van der Waals surface area contributed by atoms with Gasteiger partial charge in [-0.2, -0.15) is 0 Å². The Kier molecular flexibility index (Phi) is 6.71. The molecule has 0 aliphatic rings. The van der Waals surface area contributed by atoms with Gasteiger partial charge >= 0.3 is 0 Å². The Bertz CT molecular complexity index is 1280. The van der Waals surface area contributed by atoms with Crippen LogP contribution in [0.1, 0.15) is 23.4 Å². The molecule has 0 aliphatic carbocycles. The molecule has 164 valence electrons. The number of nitrogens with one attached hydrogen (secondary N) is 1. The summed E-state index contributed by atoms with van der Waals surface area (Å²) in [7, 11) is 3.37. The van der Waals surface area contributed by atoms with Crippen molar-refractivity contribution < 1.29 is 9.53 Å². The van der Waals surface area contributed by atoms with Gasteiger partial charge in [0.1, 0.15) is 5.75 Å². The first-order valence-electron chi connectivity index (χ1n) is 10.6. The van der Waals surface area contributed by atoms with Crippen LogP contribution in [0.15, 0.2) is 70.8 Å². The summed E-state index contributed by atoms with van der Waals surface area (Å²) in [6.07, 6.45) is 2.15. The maximum Gasteiger partial charge on any atom is 0.258 e. The van der Waals surface area contributed by atoms with Crippen LogP contribution < -0.4 is 15.6 Å². The average molecular weight is 447 g/mol. The quantitative estimate of drug-likeness (QED) is 0.418. The van der Waals surface area contributed by atoms with E-state index in [0.717, 1.165) is 35.0 Å². The van der Waals surface area contributed by atoms with E-state index in [9.17, 15) is 9.59 Å². The second-order valence-corrected chi connectivity index (χ2v) is 8.71. The first-order chi connectivity index (χ1) is 15.6. The van der Waals surface area contributed by atoms with E-state index >= 15 is 0 Å². The topological polar surface area (TPSA) is 60.3 Å². The molecule has 0 radical (unpaired) electrons. The minimum absolute atomic E-state index is 0.0150. The smallest absolute Gasteiger partial charge is 0.258 e. The van der Waals surface area contributed by atoms with Crippen LogP contribution in [0.4, 0.5) is 0 Å². The van der Waals surface area contributed by atoms with E-state index in [-0.39, 0.29) is 18.0 Å². The number of ether oxygens (including phenoxy) is 1. The van der Waals surface area contributed by atoms with Crippen LogP contribution >= 0.6 is 11.3 Å². The van der Waals surface area contributed by atoms with Gasteiger partial charge in [0.25, 0.3) is 5.56 Å². The number of carbonyl (C=O) groups excluding carboxylic acids is 1. The number of aromatic nitrogens is 1. The van der Waals surface area contributed by atoms with Gasteiger partial charge in [0.2, 0.25) is 5.91 Å².